The first-order valence-electron chi connectivity index (χ1n) is 26.5. The van der Waals surface area contributed by atoms with Crippen molar-refractivity contribution in [3.63, 3.8) is 0 Å². The van der Waals surface area contributed by atoms with E-state index in [0.717, 1.165) is 103 Å². The minimum atomic E-state index is -0.0866. The first kappa shape index (κ1) is 61.2. The highest BCUT2D eigenvalue weighted by Crippen LogP contribution is 2.18. The third-order valence-corrected chi connectivity index (χ3v) is 11.4. The van der Waals surface area contributed by atoms with Crippen molar-refractivity contribution in [1.82, 2.24) is 5.32 Å². The Balaban J connectivity index is 0. The third-order valence-electron chi connectivity index (χ3n) is 11.4. The van der Waals surface area contributed by atoms with Gasteiger partial charge in [-0.25, -0.2) is 0 Å². The number of hydrogen-bond acceptors (Lipinski definition) is 8. The molecule has 0 fully saturated rings. The Morgan fingerprint density at radius 2 is 0.787 bits per heavy atom. The summed E-state index contributed by atoms with van der Waals surface area (Å²) >= 11 is 0. The molecule has 0 unspecified atom stereocenters. The van der Waals surface area contributed by atoms with E-state index in [9.17, 15) is 14.4 Å². The number of rotatable bonds is 46. The number of nitrogens with one attached hydrogen (secondary N) is 1. The molecule has 0 spiro atoms. The fourth-order valence-corrected chi connectivity index (χ4v) is 7.40. The predicted octanol–water partition coefficient (Wildman–Crippen LogP) is 15.0. The van der Waals surface area contributed by atoms with Gasteiger partial charge in [0.2, 0.25) is 0 Å². The van der Waals surface area contributed by atoms with Gasteiger partial charge in [0.25, 0.3) is 0 Å². The molecule has 0 aromatic rings. The molecule has 8 nitrogen and oxygen atoms in total. The van der Waals surface area contributed by atoms with Gasteiger partial charge in [0.15, 0.2) is 0 Å². The van der Waals surface area contributed by atoms with Crippen molar-refractivity contribution in [2.24, 2.45) is 5.73 Å². The van der Waals surface area contributed by atoms with Gasteiger partial charge in [-0.1, -0.05) is 162 Å². The quantitative estimate of drug-likeness (QED) is 0.0269. The molecule has 3 N–H and O–H groups in total. The lowest BCUT2D eigenvalue weighted by molar-refractivity contribution is -0.151. The van der Waals surface area contributed by atoms with E-state index in [1.54, 1.807) is 0 Å². The van der Waals surface area contributed by atoms with E-state index in [-0.39, 0.29) is 30.1 Å². The van der Waals surface area contributed by atoms with Crippen LogP contribution in [-0.4, -0.2) is 56.4 Å². The van der Waals surface area contributed by atoms with Crippen molar-refractivity contribution in [3.8, 4) is 0 Å². The number of unbranched alkanes of at least 4 members (excludes halogenated alkanes) is 22. The number of hydrogen-bond donors (Lipinski definition) is 2. The first-order chi connectivity index (χ1) is 29.9. The Labute approximate surface area is 379 Å². The molecular formula is C53H104N2O6. The third kappa shape index (κ3) is 50.6. The second-order valence-electron chi connectivity index (χ2n) is 17.6. The fourth-order valence-electron chi connectivity index (χ4n) is 7.40. The molecule has 0 heterocycles. The van der Waals surface area contributed by atoms with Crippen LogP contribution in [0.3, 0.4) is 0 Å². The second-order valence-corrected chi connectivity index (χ2v) is 17.6. The summed E-state index contributed by atoms with van der Waals surface area (Å²) in [6.07, 6.45) is 45.1. The van der Waals surface area contributed by atoms with Crippen molar-refractivity contribution >= 4 is 17.9 Å². The average Bonchev–Trinajstić information content (AvgIpc) is 3.25. The summed E-state index contributed by atoms with van der Waals surface area (Å²) < 4.78 is 16.9. The Kier molecular flexibility index (Phi) is 52.6. The first-order valence-corrected chi connectivity index (χ1v) is 26.5. The maximum Gasteiger partial charge on any atom is 0.306 e. The zero-order valence-corrected chi connectivity index (χ0v) is 41.3. The smallest absolute Gasteiger partial charge is 0.306 e. The summed E-state index contributed by atoms with van der Waals surface area (Å²) in [6.45, 7) is 14.2. The van der Waals surface area contributed by atoms with Gasteiger partial charge in [-0.15, -0.1) is 0 Å². The van der Waals surface area contributed by atoms with Gasteiger partial charge in [-0.2, -0.15) is 0 Å². The molecule has 0 saturated heterocycles. The highest BCUT2D eigenvalue weighted by Gasteiger charge is 2.15. The van der Waals surface area contributed by atoms with Crippen LogP contribution < -0.4 is 11.1 Å². The fraction of sp³-hybridized carbons (Fsp3) is 0.906. The van der Waals surface area contributed by atoms with Crippen LogP contribution in [0.25, 0.3) is 0 Å². The molecule has 0 atom stereocenters. The standard InChI is InChI=1S/C34H65NO4.C19H39NO2/c1-4-7-10-13-14-15-24-31-38-33(36)27-20-16-22-29-35-30-23-17-21-28-34(37)39-32(25-18-11-8-5-2)26-19-12-9-6-3;1-3-5-7-10-14-18(15-11-8-6-4-2)22-19(21)16-12-9-13-17-20/h15,24,32,35H,4-14,16-23,25-31H2,1-3H3;18H,3-17,20H2,1-2H3/b24-15-;. The average molecular weight is 865 g/mol. The highest BCUT2D eigenvalue weighted by atomic mass is 16.5. The Morgan fingerprint density at radius 3 is 1.18 bits per heavy atom. The van der Waals surface area contributed by atoms with Gasteiger partial charge in [-0.05, 0) is 122 Å². The van der Waals surface area contributed by atoms with E-state index >= 15 is 0 Å². The Morgan fingerprint density at radius 1 is 0.426 bits per heavy atom. The number of allylic oxidation sites excluding steroid dienone is 1. The van der Waals surface area contributed by atoms with Crippen LogP contribution in [0.2, 0.25) is 0 Å². The van der Waals surface area contributed by atoms with Crippen molar-refractivity contribution in [3.05, 3.63) is 12.2 Å². The number of esters is 3. The van der Waals surface area contributed by atoms with E-state index in [1.807, 2.05) is 6.08 Å². The van der Waals surface area contributed by atoms with Gasteiger partial charge in [0.05, 0.1) is 0 Å². The van der Waals surface area contributed by atoms with Gasteiger partial charge < -0.3 is 25.3 Å². The molecule has 0 aliphatic rings. The summed E-state index contributed by atoms with van der Waals surface area (Å²) in [5.41, 5.74) is 5.47. The van der Waals surface area contributed by atoms with E-state index < -0.39 is 0 Å². The SMILES string of the molecule is CCCCCC/C=C\COC(=O)CCCCCNCCCCCC(=O)OC(CCCCCC)CCCCCC.CCCCCCC(CCCCCC)OC(=O)CCCCCN. The molecule has 61 heavy (non-hydrogen) atoms. The molecule has 362 valence electrons. The molecule has 8 heteroatoms. The number of ether oxygens (including phenoxy) is 3. The Bertz CT molecular complexity index is 920. The van der Waals surface area contributed by atoms with Gasteiger partial charge in [0.1, 0.15) is 18.8 Å². The molecular weight excluding hydrogens is 761 g/mol. The molecule has 0 aliphatic heterocycles. The molecule has 0 aromatic carbocycles. The number of carbonyl (C=O) groups is 3. The molecule has 0 aromatic heterocycles. The molecule has 0 saturated carbocycles. The van der Waals surface area contributed by atoms with Crippen LogP contribution >= 0.6 is 0 Å². The van der Waals surface area contributed by atoms with E-state index in [0.29, 0.717) is 32.4 Å². The van der Waals surface area contributed by atoms with Crippen molar-refractivity contribution < 1.29 is 28.6 Å². The minimum Gasteiger partial charge on any atom is -0.462 e. The van der Waals surface area contributed by atoms with Gasteiger partial charge in [-0.3, -0.25) is 14.4 Å². The van der Waals surface area contributed by atoms with Crippen LogP contribution in [0.15, 0.2) is 12.2 Å². The van der Waals surface area contributed by atoms with E-state index in [2.05, 4.69) is 46.0 Å². The van der Waals surface area contributed by atoms with E-state index in [4.69, 9.17) is 19.9 Å². The summed E-state index contributed by atoms with van der Waals surface area (Å²) in [7, 11) is 0. The van der Waals surface area contributed by atoms with Crippen LogP contribution in [0.5, 0.6) is 0 Å². The lowest BCUT2D eigenvalue weighted by Gasteiger charge is -2.18. The van der Waals surface area contributed by atoms with Crippen LogP contribution in [0, 0.1) is 0 Å². The number of nitrogens with two attached hydrogens (primary N) is 1. The largest absolute Gasteiger partial charge is 0.462 e. The van der Waals surface area contributed by atoms with Crippen LogP contribution in [0.4, 0.5) is 0 Å². The molecule has 0 radical (unpaired) electrons. The maximum absolute atomic E-state index is 12.4. The molecule has 0 bridgehead atoms. The lowest BCUT2D eigenvalue weighted by atomic mass is 10.0. The lowest BCUT2D eigenvalue weighted by Crippen LogP contribution is -2.19. The summed E-state index contributed by atoms with van der Waals surface area (Å²) in [5, 5.41) is 3.49. The van der Waals surface area contributed by atoms with Crippen molar-refractivity contribution in [1.29, 1.82) is 0 Å². The topological polar surface area (TPSA) is 117 Å². The van der Waals surface area contributed by atoms with Gasteiger partial charge >= 0.3 is 17.9 Å². The zero-order valence-electron chi connectivity index (χ0n) is 41.3. The summed E-state index contributed by atoms with van der Waals surface area (Å²) in [6, 6.07) is 0. The zero-order chi connectivity index (χ0) is 45.1. The van der Waals surface area contributed by atoms with Gasteiger partial charge in [0, 0.05) is 19.3 Å². The van der Waals surface area contributed by atoms with E-state index in [1.165, 1.54) is 128 Å². The monoisotopic (exact) mass is 865 g/mol. The minimum absolute atomic E-state index is 0.00380. The molecule has 0 rings (SSSR count). The molecule has 0 aliphatic carbocycles. The number of carbonyl (C=O) groups excluding carboxylic acids is 3. The normalized spacial score (nSPS) is 11.3. The van der Waals surface area contributed by atoms with Crippen LogP contribution in [0.1, 0.15) is 272 Å². The highest BCUT2D eigenvalue weighted by molar-refractivity contribution is 5.70. The van der Waals surface area contributed by atoms with Crippen molar-refractivity contribution in [2.75, 3.05) is 26.2 Å². The van der Waals surface area contributed by atoms with Crippen molar-refractivity contribution in [2.45, 2.75) is 284 Å². The predicted molar refractivity (Wildman–Crippen MR) is 261 cm³/mol. The maximum atomic E-state index is 12.4. The molecule has 0 amide bonds. The second kappa shape index (κ2) is 52.4. The van der Waals surface area contributed by atoms with Crippen LogP contribution in [-0.2, 0) is 28.6 Å². The summed E-state index contributed by atoms with van der Waals surface area (Å²) in [4.78, 5) is 36.1. The summed E-state index contributed by atoms with van der Waals surface area (Å²) in [5.74, 6) is -0.0969. The Hall–Kier alpha value is -1.93.